The van der Waals surface area contributed by atoms with E-state index in [2.05, 4.69) is 87.2 Å². The molecule has 21 heavy (non-hydrogen) atoms. The van der Waals surface area contributed by atoms with Crippen LogP contribution in [0.1, 0.15) is 6.92 Å². The van der Waals surface area contributed by atoms with Gasteiger partial charge in [-0.15, -0.1) is 0 Å². The van der Waals surface area contributed by atoms with Gasteiger partial charge in [0.2, 0.25) is 8.32 Å². The Bertz CT molecular complexity index is 554. The molecule has 0 saturated heterocycles. The molecular formula is C18H26OSi2. The van der Waals surface area contributed by atoms with Crippen LogP contribution >= 0.6 is 0 Å². The molecule has 0 amide bonds. The van der Waals surface area contributed by atoms with Crippen molar-refractivity contribution < 1.29 is 4.43 Å². The van der Waals surface area contributed by atoms with Crippen molar-refractivity contribution in [3.05, 3.63) is 60.7 Å². The first kappa shape index (κ1) is 16.2. The van der Waals surface area contributed by atoms with Crippen LogP contribution < -0.4 is 10.4 Å². The normalized spacial score (nSPS) is 14.7. The molecule has 0 heterocycles. The zero-order valence-electron chi connectivity index (χ0n) is 13.6. The summed E-state index contributed by atoms with van der Waals surface area (Å²) >= 11 is 0. The van der Waals surface area contributed by atoms with Crippen LogP contribution in [0.15, 0.2) is 60.7 Å². The molecule has 2 rings (SSSR count). The van der Waals surface area contributed by atoms with Gasteiger partial charge in [0.1, 0.15) is 0 Å². The lowest BCUT2D eigenvalue weighted by Gasteiger charge is -2.35. The van der Waals surface area contributed by atoms with Gasteiger partial charge in [-0.25, -0.2) is 0 Å². The smallest absolute Gasteiger partial charge is 0.218 e. The molecule has 0 aromatic heterocycles. The maximum Gasteiger partial charge on any atom is 0.218 e. The summed E-state index contributed by atoms with van der Waals surface area (Å²) in [7, 11) is -3.38. The van der Waals surface area contributed by atoms with Crippen LogP contribution in [0.2, 0.25) is 25.3 Å². The molecule has 0 aliphatic carbocycles. The van der Waals surface area contributed by atoms with E-state index in [1.54, 1.807) is 0 Å². The summed E-state index contributed by atoms with van der Waals surface area (Å²) in [5, 5.41) is 2.95. The van der Waals surface area contributed by atoms with Gasteiger partial charge in [0, 0.05) is 6.61 Å². The van der Waals surface area contributed by atoms with Gasteiger partial charge in [0.25, 0.3) is 0 Å². The molecular weight excluding hydrogens is 288 g/mol. The van der Waals surface area contributed by atoms with Gasteiger partial charge in [-0.1, -0.05) is 78.9 Å². The second-order valence-electron chi connectivity index (χ2n) is 6.46. The highest BCUT2D eigenvalue weighted by Crippen LogP contribution is 2.21. The Morgan fingerprint density at radius 1 is 0.762 bits per heavy atom. The predicted molar refractivity (Wildman–Crippen MR) is 97.7 cm³/mol. The molecule has 112 valence electrons. The molecule has 2 aromatic carbocycles. The molecule has 0 radical (unpaired) electrons. The Morgan fingerprint density at radius 2 is 1.24 bits per heavy atom. The second-order valence-corrected chi connectivity index (χ2v) is 15.5. The summed E-state index contributed by atoms with van der Waals surface area (Å²) in [4.78, 5) is 0. The first-order valence-electron chi connectivity index (χ1n) is 7.73. The van der Waals surface area contributed by atoms with Gasteiger partial charge in [0.05, 0.1) is 8.07 Å². The van der Waals surface area contributed by atoms with Crippen molar-refractivity contribution >= 4 is 26.8 Å². The number of hydrogen-bond donors (Lipinski definition) is 0. The maximum absolute atomic E-state index is 6.35. The third-order valence-electron chi connectivity index (χ3n) is 4.18. The highest BCUT2D eigenvalue weighted by atomic mass is 28.4. The van der Waals surface area contributed by atoms with Gasteiger partial charge in [-0.2, -0.15) is 0 Å². The Labute approximate surface area is 131 Å². The highest BCUT2D eigenvalue weighted by molar-refractivity contribution is 7.04. The van der Waals surface area contributed by atoms with E-state index in [4.69, 9.17) is 4.43 Å². The average molecular weight is 315 g/mol. The van der Waals surface area contributed by atoms with Crippen molar-refractivity contribution in [3.63, 3.8) is 0 Å². The Morgan fingerprint density at radius 3 is 1.71 bits per heavy atom. The fraction of sp³-hybridized carbons (Fsp3) is 0.333. The van der Waals surface area contributed by atoms with Gasteiger partial charge < -0.3 is 4.43 Å². The van der Waals surface area contributed by atoms with Gasteiger partial charge in [0.15, 0.2) is 0 Å². The summed E-state index contributed by atoms with van der Waals surface area (Å²) in [6, 6.07) is 21.9. The molecule has 0 aliphatic heterocycles. The van der Waals surface area contributed by atoms with E-state index in [1.807, 2.05) is 0 Å². The van der Waals surface area contributed by atoms with Crippen molar-refractivity contribution in [3.8, 4) is 0 Å². The molecule has 1 atom stereocenters. The first-order chi connectivity index (χ1) is 9.98. The minimum Gasteiger partial charge on any atom is -0.413 e. The molecule has 1 unspecified atom stereocenters. The first-order valence-corrected chi connectivity index (χ1v) is 13.6. The molecule has 2 aromatic rings. The number of rotatable bonds is 6. The highest BCUT2D eigenvalue weighted by Gasteiger charge is 2.39. The van der Waals surface area contributed by atoms with E-state index < -0.39 is 16.4 Å². The van der Waals surface area contributed by atoms with Crippen LogP contribution in [0.4, 0.5) is 0 Å². The Kier molecular flexibility index (Phi) is 5.19. The molecule has 0 fully saturated rings. The van der Waals surface area contributed by atoms with Crippen LogP contribution in [0, 0.1) is 0 Å². The Hall–Kier alpha value is -1.17. The van der Waals surface area contributed by atoms with Crippen LogP contribution in [-0.2, 0) is 4.43 Å². The summed E-state index contributed by atoms with van der Waals surface area (Å²) in [5.74, 6) is 0. The number of benzene rings is 2. The lowest BCUT2D eigenvalue weighted by atomic mass is 10.4. The van der Waals surface area contributed by atoms with Crippen molar-refractivity contribution in [1.82, 2.24) is 0 Å². The zero-order valence-corrected chi connectivity index (χ0v) is 15.6. The van der Waals surface area contributed by atoms with E-state index in [-0.39, 0.29) is 0 Å². The van der Waals surface area contributed by atoms with Crippen LogP contribution in [0.25, 0.3) is 0 Å². The van der Waals surface area contributed by atoms with Gasteiger partial charge >= 0.3 is 0 Å². The summed E-state index contributed by atoms with van der Waals surface area (Å²) in [6.07, 6.45) is 0. The minimum absolute atomic E-state index is 0.802. The molecule has 0 aliphatic rings. The SMILES string of the molecule is CCO[Si](C)(C[Si](C)(C)c1ccccc1)c1ccccc1. The zero-order chi connectivity index (χ0) is 15.3. The third-order valence-corrected chi connectivity index (χ3v) is 14.8. The molecule has 1 nitrogen and oxygen atoms in total. The molecule has 0 bridgehead atoms. The standard InChI is InChI=1S/C18H26OSi2/c1-5-19-21(4,18-14-10-7-11-15-18)16-20(2,3)17-12-8-6-9-13-17/h6-15H,5,16H2,1-4H3. The van der Waals surface area contributed by atoms with Crippen molar-refractivity contribution in [2.45, 2.75) is 32.2 Å². The van der Waals surface area contributed by atoms with Gasteiger partial charge in [-0.05, 0) is 24.3 Å². The molecule has 0 N–H and O–H groups in total. The minimum atomic E-state index is -1.88. The number of hydrogen-bond acceptors (Lipinski definition) is 1. The van der Waals surface area contributed by atoms with E-state index in [0.29, 0.717) is 0 Å². The van der Waals surface area contributed by atoms with Crippen LogP contribution in [0.3, 0.4) is 0 Å². The maximum atomic E-state index is 6.35. The summed E-state index contributed by atoms with van der Waals surface area (Å²) < 4.78 is 6.35. The van der Waals surface area contributed by atoms with Crippen LogP contribution in [0.5, 0.6) is 0 Å². The van der Waals surface area contributed by atoms with Crippen molar-refractivity contribution in [2.75, 3.05) is 6.61 Å². The van der Waals surface area contributed by atoms with Crippen LogP contribution in [-0.4, -0.2) is 23.0 Å². The third kappa shape index (κ3) is 3.93. The van der Waals surface area contributed by atoms with E-state index >= 15 is 0 Å². The second kappa shape index (κ2) is 6.73. The van der Waals surface area contributed by atoms with Gasteiger partial charge in [-0.3, -0.25) is 0 Å². The molecule has 0 spiro atoms. The van der Waals surface area contributed by atoms with E-state index in [0.717, 1.165) is 6.61 Å². The van der Waals surface area contributed by atoms with Crippen molar-refractivity contribution in [1.29, 1.82) is 0 Å². The quantitative estimate of drug-likeness (QED) is 0.739. The summed E-state index contributed by atoms with van der Waals surface area (Å²) in [6.45, 7) is 10.2. The lowest BCUT2D eigenvalue weighted by Crippen LogP contribution is -2.57. The average Bonchev–Trinajstić information content (AvgIpc) is 2.49. The van der Waals surface area contributed by atoms with Crippen molar-refractivity contribution in [2.24, 2.45) is 0 Å². The molecule has 0 saturated carbocycles. The van der Waals surface area contributed by atoms with E-state index in [9.17, 15) is 0 Å². The predicted octanol–water partition coefficient (Wildman–Crippen LogP) is 3.66. The largest absolute Gasteiger partial charge is 0.413 e. The lowest BCUT2D eigenvalue weighted by molar-refractivity contribution is 0.337. The topological polar surface area (TPSA) is 9.23 Å². The monoisotopic (exact) mass is 314 g/mol. The summed E-state index contributed by atoms with van der Waals surface area (Å²) in [5.41, 5.74) is 1.22. The van der Waals surface area contributed by atoms with E-state index in [1.165, 1.54) is 16.0 Å². The Balaban J connectivity index is 2.32. The molecule has 3 heteroatoms. The fourth-order valence-corrected chi connectivity index (χ4v) is 14.8. The fourth-order valence-electron chi connectivity index (χ4n) is 3.18.